The van der Waals surface area contributed by atoms with Gasteiger partial charge in [0.25, 0.3) is 0 Å². The smallest absolute Gasteiger partial charge is 0.227 e. The first kappa shape index (κ1) is 13.9. The van der Waals surface area contributed by atoms with Gasteiger partial charge in [0.05, 0.1) is 6.54 Å². The lowest BCUT2D eigenvalue weighted by Gasteiger charge is -2.16. The van der Waals surface area contributed by atoms with Crippen molar-refractivity contribution in [2.75, 3.05) is 11.4 Å². The van der Waals surface area contributed by atoms with Gasteiger partial charge in [0.1, 0.15) is 11.5 Å². The molecule has 2 heterocycles. The first-order valence-electron chi connectivity index (χ1n) is 7.38. The van der Waals surface area contributed by atoms with Crippen LogP contribution in [-0.2, 0) is 17.9 Å². The van der Waals surface area contributed by atoms with Crippen LogP contribution >= 0.6 is 0 Å². The average Bonchev–Trinajstić information content (AvgIpc) is 3.09. The van der Waals surface area contributed by atoms with E-state index in [9.17, 15) is 4.79 Å². The standard InChI is InChI=1S/C17H20N2O2/c1-13-4-9-16(21-13)12-18-11-14-5-7-15(8-6-14)19-10-2-3-17(19)20/h4-9,18H,2-3,10-12H2,1H3. The molecule has 0 atom stereocenters. The minimum absolute atomic E-state index is 0.231. The van der Waals surface area contributed by atoms with E-state index in [-0.39, 0.29) is 5.91 Å². The van der Waals surface area contributed by atoms with Gasteiger partial charge in [0.15, 0.2) is 0 Å². The number of nitrogens with one attached hydrogen (secondary N) is 1. The molecule has 2 aromatic rings. The predicted octanol–water partition coefficient (Wildman–Crippen LogP) is 3.00. The molecule has 0 spiro atoms. The van der Waals surface area contributed by atoms with Gasteiger partial charge in [0, 0.05) is 25.2 Å². The van der Waals surface area contributed by atoms with Crippen LogP contribution in [0.15, 0.2) is 40.8 Å². The summed E-state index contributed by atoms with van der Waals surface area (Å²) in [5.74, 6) is 2.12. The number of aryl methyl sites for hydroxylation is 1. The first-order valence-corrected chi connectivity index (χ1v) is 7.38. The SMILES string of the molecule is Cc1ccc(CNCc2ccc(N3CCCC3=O)cc2)o1. The van der Waals surface area contributed by atoms with Crippen LogP contribution in [0, 0.1) is 6.92 Å². The van der Waals surface area contributed by atoms with Crippen molar-refractivity contribution in [3.05, 3.63) is 53.5 Å². The Labute approximate surface area is 124 Å². The van der Waals surface area contributed by atoms with E-state index in [0.29, 0.717) is 6.42 Å². The number of carbonyl (C=O) groups excluding carboxylic acids is 1. The Morgan fingerprint density at radius 2 is 1.95 bits per heavy atom. The van der Waals surface area contributed by atoms with E-state index in [2.05, 4.69) is 17.4 Å². The van der Waals surface area contributed by atoms with Gasteiger partial charge in [-0.05, 0) is 43.2 Å². The Morgan fingerprint density at radius 3 is 2.57 bits per heavy atom. The van der Waals surface area contributed by atoms with Crippen LogP contribution in [0.3, 0.4) is 0 Å². The van der Waals surface area contributed by atoms with Crippen LogP contribution in [0.4, 0.5) is 5.69 Å². The molecule has 110 valence electrons. The Morgan fingerprint density at radius 1 is 1.14 bits per heavy atom. The zero-order valence-electron chi connectivity index (χ0n) is 12.3. The Hall–Kier alpha value is -2.07. The molecule has 0 bridgehead atoms. The van der Waals surface area contributed by atoms with E-state index in [1.54, 1.807) is 0 Å². The second-order valence-electron chi connectivity index (χ2n) is 5.43. The lowest BCUT2D eigenvalue weighted by molar-refractivity contribution is -0.117. The summed E-state index contributed by atoms with van der Waals surface area (Å²) in [6, 6.07) is 12.2. The fourth-order valence-corrected chi connectivity index (χ4v) is 2.63. The molecule has 4 nitrogen and oxygen atoms in total. The topological polar surface area (TPSA) is 45.5 Å². The fourth-order valence-electron chi connectivity index (χ4n) is 2.63. The van der Waals surface area contributed by atoms with Gasteiger partial charge in [-0.15, -0.1) is 0 Å². The van der Waals surface area contributed by atoms with Crippen LogP contribution in [0.5, 0.6) is 0 Å². The van der Waals surface area contributed by atoms with Crippen molar-refractivity contribution in [1.29, 1.82) is 0 Å². The zero-order chi connectivity index (χ0) is 14.7. The zero-order valence-corrected chi connectivity index (χ0v) is 12.3. The van der Waals surface area contributed by atoms with E-state index >= 15 is 0 Å². The number of carbonyl (C=O) groups is 1. The molecule has 1 N–H and O–H groups in total. The van der Waals surface area contributed by atoms with E-state index < -0.39 is 0 Å². The van der Waals surface area contributed by atoms with Crippen molar-refractivity contribution in [3.63, 3.8) is 0 Å². The van der Waals surface area contributed by atoms with Gasteiger partial charge in [-0.1, -0.05) is 12.1 Å². The van der Waals surface area contributed by atoms with Crippen molar-refractivity contribution >= 4 is 11.6 Å². The van der Waals surface area contributed by atoms with Crippen molar-refractivity contribution in [1.82, 2.24) is 5.32 Å². The summed E-state index contributed by atoms with van der Waals surface area (Å²) in [4.78, 5) is 13.6. The summed E-state index contributed by atoms with van der Waals surface area (Å²) in [5.41, 5.74) is 2.21. The maximum absolute atomic E-state index is 11.7. The highest BCUT2D eigenvalue weighted by Gasteiger charge is 2.21. The maximum atomic E-state index is 11.7. The Bertz CT molecular complexity index is 616. The highest BCUT2D eigenvalue weighted by atomic mass is 16.3. The first-order chi connectivity index (χ1) is 10.2. The molecule has 1 fully saturated rings. The number of benzene rings is 1. The molecule has 4 heteroatoms. The van der Waals surface area contributed by atoms with E-state index in [4.69, 9.17) is 4.42 Å². The van der Waals surface area contributed by atoms with E-state index in [1.165, 1.54) is 5.56 Å². The molecule has 0 unspecified atom stereocenters. The number of rotatable bonds is 5. The normalized spacial score (nSPS) is 14.9. The number of hydrogen-bond acceptors (Lipinski definition) is 3. The van der Waals surface area contributed by atoms with Gasteiger partial charge < -0.3 is 14.6 Å². The average molecular weight is 284 g/mol. The van der Waals surface area contributed by atoms with E-state index in [0.717, 1.165) is 43.3 Å². The number of nitrogens with zero attached hydrogens (tertiary/aromatic N) is 1. The molecule has 1 aliphatic heterocycles. The van der Waals surface area contributed by atoms with Crippen LogP contribution in [-0.4, -0.2) is 12.5 Å². The molecule has 1 amide bonds. The molecule has 1 aromatic heterocycles. The van der Waals surface area contributed by atoms with Crippen molar-refractivity contribution in [3.8, 4) is 0 Å². The second-order valence-corrected chi connectivity index (χ2v) is 5.43. The molecular weight excluding hydrogens is 264 g/mol. The molecule has 0 saturated carbocycles. The van der Waals surface area contributed by atoms with Crippen LogP contribution in [0.2, 0.25) is 0 Å². The molecule has 1 aromatic carbocycles. The quantitative estimate of drug-likeness (QED) is 0.918. The summed E-state index contributed by atoms with van der Waals surface area (Å²) in [7, 11) is 0. The van der Waals surface area contributed by atoms with Crippen LogP contribution < -0.4 is 10.2 Å². The lowest BCUT2D eigenvalue weighted by atomic mass is 10.2. The minimum atomic E-state index is 0.231. The predicted molar refractivity (Wildman–Crippen MR) is 82.0 cm³/mol. The molecule has 0 radical (unpaired) electrons. The van der Waals surface area contributed by atoms with Gasteiger partial charge >= 0.3 is 0 Å². The van der Waals surface area contributed by atoms with Gasteiger partial charge in [0.2, 0.25) is 5.91 Å². The summed E-state index contributed by atoms with van der Waals surface area (Å²) in [6.07, 6.45) is 1.64. The summed E-state index contributed by atoms with van der Waals surface area (Å²) < 4.78 is 5.51. The number of amides is 1. The molecular formula is C17H20N2O2. The summed E-state index contributed by atoms with van der Waals surface area (Å²) >= 11 is 0. The molecule has 21 heavy (non-hydrogen) atoms. The lowest BCUT2D eigenvalue weighted by Crippen LogP contribution is -2.23. The highest BCUT2D eigenvalue weighted by molar-refractivity contribution is 5.95. The van der Waals surface area contributed by atoms with Crippen molar-refractivity contribution < 1.29 is 9.21 Å². The molecule has 0 aliphatic carbocycles. The minimum Gasteiger partial charge on any atom is -0.465 e. The third-order valence-corrected chi connectivity index (χ3v) is 3.75. The summed E-state index contributed by atoms with van der Waals surface area (Å²) in [6.45, 7) is 4.30. The number of furan rings is 1. The summed E-state index contributed by atoms with van der Waals surface area (Å²) in [5, 5.41) is 3.35. The maximum Gasteiger partial charge on any atom is 0.227 e. The largest absolute Gasteiger partial charge is 0.465 e. The number of anilines is 1. The fraction of sp³-hybridized carbons (Fsp3) is 0.353. The van der Waals surface area contributed by atoms with Crippen molar-refractivity contribution in [2.45, 2.75) is 32.9 Å². The van der Waals surface area contributed by atoms with Crippen LogP contribution in [0.25, 0.3) is 0 Å². The van der Waals surface area contributed by atoms with Crippen LogP contribution in [0.1, 0.15) is 29.9 Å². The molecule has 3 rings (SSSR count). The third kappa shape index (κ3) is 3.34. The highest BCUT2D eigenvalue weighted by Crippen LogP contribution is 2.21. The Kier molecular flexibility index (Phi) is 4.06. The van der Waals surface area contributed by atoms with Gasteiger partial charge in [-0.25, -0.2) is 0 Å². The number of hydrogen-bond donors (Lipinski definition) is 1. The monoisotopic (exact) mass is 284 g/mol. The second kappa shape index (κ2) is 6.14. The molecule has 1 aliphatic rings. The molecule has 1 saturated heterocycles. The third-order valence-electron chi connectivity index (χ3n) is 3.75. The van der Waals surface area contributed by atoms with Gasteiger partial charge in [-0.3, -0.25) is 4.79 Å². The van der Waals surface area contributed by atoms with E-state index in [1.807, 2.05) is 36.1 Å². The van der Waals surface area contributed by atoms with Gasteiger partial charge in [-0.2, -0.15) is 0 Å². The van der Waals surface area contributed by atoms with Crippen molar-refractivity contribution in [2.24, 2.45) is 0 Å². The Balaban J connectivity index is 1.53.